The van der Waals surface area contributed by atoms with E-state index in [1.165, 1.54) is 38.6 Å². The number of amides is 1. The summed E-state index contributed by atoms with van der Waals surface area (Å²) >= 11 is 3.35. The number of anilines is 1. The van der Waals surface area contributed by atoms with Crippen LogP contribution in [0.25, 0.3) is 0 Å². The van der Waals surface area contributed by atoms with Crippen LogP contribution in [0.2, 0.25) is 0 Å². The summed E-state index contributed by atoms with van der Waals surface area (Å²) in [4.78, 5) is 25.4. The van der Waals surface area contributed by atoms with Gasteiger partial charge in [-0.25, -0.2) is 18.6 Å². The first kappa shape index (κ1) is 30.3. The quantitative estimate of drug-likeness (QED) is 0.104. The topological polar surface area (TPSA) is 124 Å². The van der Waals surface area contributed by atoms with E-state index in [-0.39, 0.29) is 10.5 Å². The average molecular weight is 653 g/mol. The molecule has 4 aromatic rings. The number of sulfonamides is 1. The second kappa shape index (κ2) is 13.8. The number of benzene rings is 4. The van der Waals surface area contributed by atoms with E-state index in [0.717, 1.165) is 4.31 Å². The van der Waals surface area contributed by atoms with E-state index in [2.05, 4.69) is 26.5 Å². The van der Waals surface area contributed by atoms with E-state index in [1.54, 1.807) is 78.9 Å². The highest BCUT2D eigenvalue weighted by Gasteiger charge is 2.27. The Morgan fingerprint density at radius 3 is 2.26 bits per heavy atom. The van der Waals surface area contributed by atoms with Crippen LogP contribution in [-0.4, -0.2) is 47.3 Å². The molecule has 0 bridgehead atoms. The van der Waals surface area contributed by atoms with Gasteiger partial charge in [0.2, 0.25) is 0 Å². The minimum absolute atomic E-state index is 0.0493. The summed E-state index contributed by atoms with van der Waals surface area (Å²) in [6.45, 7) is -0.504. The van der Waals surface area contributed by atoms with E-state index in [4.69, 9.17) is 14.2 Å². The smallest absolute Gasteiger partial charge is 0.343 e. The van der Waals surface area contributed by atoms with Gasteiger partial charge < -0.3 is 14.2 Å². The number of hydrazone groups is 1. The Morgan fingerprint density at radius 1 is 0.881 bits per heavy atom. The van der Waals surface area contributed by atoms with Crippen molar-refractivity contribution in [2.45, 2.75) is 4.90 Å². The number of nitrogens with zero attached hydrogens (tertiary/aromatic N) is 2. The monoisotopic (exact) mass is 651 g/mol. The van der Waals surface area contributed by atoms with Gasteiger partial charge in [-0.2, -0.15) is 5.10 Å². The molecule has 1 N–H and O–H groups in total. The van der Waals surface area contributed by atoms with Crippen LogP contribution in [0.3, 0.4) is 0 Å². The van der Waals surface area contributed by atoms with Crippen LogP contribution in [-0.2, 0) is 14.8 Å². The lowest BCUT2D eigenvalue weighted by molar-refractivity contribution is -0.119. The number of carbonyl (C=O) groups is 2. The largest absolute Gasteiger partial charge is 0.493 e. The molecule has 0 unspecified atom stereocenters. The molecule has 0 aliphatic rings. The van der Waals surface area contributed by atoms with Gasteiger partial charge in [0.05, 0.1) is 36.6 Å². The van der Waals surface area contributed by atoms with Crippen LogP contribution in [0.5, 0.6) is 17.2 Å². The first-order chi connectivity index (χ1) is 20.2. The van der Waals surface area contributed by atoms with Crippen LogP contribution in [0.1, 0.15) is 15.9 Å². The first-order valence-electron chi connectivity index (χ1n) is 12.4. The number of hydrogen-bond donors (Lipinski definition) is 1. The molecule has 216 valence electrons. The zero-order valence-electron chi connectivity index (χ0n) is 22.6. The Morgan fingerprint density at radius 2 is 1.60 bits per heavy atom. The standard InChI is InChI=1S/C30H26BrN3O7S/c1-39-27-16-13-22(17-28(27)40-2)30(36)41-25-14-11-21(12-15-25)19-32-33-29(35)20-34(24-8-6-7-23(31)18-24)42(37,38)26-9-4-3-5-10-26/h3-19H,20H2,1-2H3,(H,33,35)/b32-19+. The molecule has 0 radical (unpaired) electrons. The molecule has 4 aromatic carbocycles. The second-order valence-electron chi connectivity index (χ2n) is 8.63. The molecule has 10 nitrogen and oxygen atoms in total. The number of halogens is 1. The minimum atomic E-state index is -4.04. The number of carbonyl (C=O) groups excluding carboxylic acids is 2. The molecule has 42 heavy (non-hydrogen) atoms. The van der Waals surface area contributed by atoms with Crippen molar-refractivity contribution in [1.82, 2.24) is 5.43 Å². The summed E-state index contributed by atoms with van der Waals surface area (Å²) in [6, 6.07) is 25.6. The van der Waals surface area contributed by atoms with E-state index >= 15 is 0 Å². The lowest BCUT2D eigenvalue weighted by Gasteiger charge is -2.23. The Bertz CT molecular complexity index is 1700. The Balaban J connectivity index is 1.40. The van der Waals surface area contributed by atoms with Crippen molar-refractivity contribution in [2.75, 3.05) is 25.1 Å². The molecule has 0 aliphatic heterocycles. The van der Waals surface area contributed by atoms with Gasteiger partial charge >= 0.3 is 5.97 Å². The Hall–Kier alpha value is -4.68. The van der Waals surface area contributed by atoms with Crippen molar-refractivity contribution in [3.8, 4) is 17.2 Å². The zero-order valence-corrected chi connectivity index (χ0v) is 25.0. The lowest BCUT2D eigenvalue weighted by atomic mass is 10.2. The van der Waals surface area contributed by atoms with Gasteiger partial charge in [0.25, 0.3) is 15.9 Å². The molecule has 0 fully saturated rings. The molecule has 1 amide bonds. The number of methoxy groups -OCH3 is 2. The number of esters is 1. The lowest BCUT2D eigenvalue weighted by Crippen LogP contribution is -2.39. The zero-order chi connectivity index (χ0) is 30.1. The molecule has 0 aromatic heterocycles. The predicted octanol–water partition coefficient (Wildman–Crippen LogP) is 5.03. The van der Waals surface area contributed by atoms with Gasteiger partial charge in [0.1, 0.15) is 12.3 Å². The number of ether oxygens (including phenoxy) is 3. The minimum Gasteiger partial charge on any atom is -0.493 e. The van der Waals surface area contributed by atoms with Gasteiger partial charge in [-0.05, 0) is 78.4 Å². The normalized spacial score (nSPS) is 11.1. The van der Waals surface area contributed by atoms with E-state index in [9.17, 15) is 18.0 Å². The molecule has 0 spiro atoms. The summed E-state index contributed by atoms with van der Waals surface area (Å²) in [6.07, 6.45) is 1.38. The fourth-order valence-corrected chi connectivity index (χ4v) is 5.58. The van der Waals surface area contributed by atoms with Crippen molar-refractivity contribution in [3.05, 3.63) is 113 Å². The summed E-state index contributed by atoms with van der Waals surface area (Å²) in [5.74, 6) is -0.0375. The fourth-order valence-electron chi connectivity index (χ4n) is 3.76. The van der Waals surface area contributed by atoms with Crippen molar-refractivity contribution in [2.24, 2.45) is 5.10 Å². The maximum atomic E-state index is 13.4. The van der Waals surface area contributed by atoms with Crippen LogP contribution in [0.4, 0.5) is 5.69 Å². The van der Waals surface area contributed by atoms with Gasteiger partial charge in [0, 0.05) is 4.47 Å². The molecule has 0 heterocycles. The third-order valence-corrected chi connectivity index (χ3v) is 8.11. The number of rotatable bonds is 11. The maximum absolute atomic E-state index is 13.4. The Kier molecular flexibility index (Phi) is 9.94. The highest BCUT2D eigenvalue weighted by atomic mass is 79.9. The predicted molar refractivity (Wildman–Crippen MR) is 162 cm³/mol. The molecular formula is C30H26BrN3O7S. The van der Waals surface area contributed by atoms with Crippen molar-refractivity contribution < 1.29 is 32.2 Å². The number of hydrogen-bond acceptors (Lipinski definition) is 8. The van der Waals surface area contributed by atoms with Gasteiger partial charge in [-0.1, -0.05) is 40.2 Å². The van der Waals surface area contributed by atoms with E-state index in [0.29, 0.717) is 33.0 Å². The van der Waals surface area contributed by atoms with Crippen LogP contribution in [0, 0.1) is 0 Å². The summed E-state index contributed by atoms with van der Waals surface area (Å²) in [5.41, 5.74) is 3.56. The summed E-state index contributed by atoms with van der Waals surface area (Å²) in [5, 5.41) is 3.95. The molecule has 0 atom stereocenters. The molecule has 0 saturated carbocycles. The third-order valence-electron chi connectivity index (χ3n) is 5.83. The summed E-state index contributed by atoms with van der Waals surface area (Å²) in [7, 11) is -1.07. The van der Waals surface area contributed by atoms with Crippen LogP contribution < -0.4 is 23.9 Å². The van der Waals surface area contributed by atoms with Crippen molar-refractivity contribution >= 4 is 49.7 Å². The van der Waals surface area contributed by atoms with Crippen molar-refractivity contribution in [1.29, 1.82) is 0 Å². The Labute approximate surface area is 251 Å². The van der Waals surface area contributed by atoms with Crippen LogP contribution in [0.15, 0.2) is 112 Å². The second-order valence-corrected chi connectivity index (χ2v) is 11.4. The van der Waals surface area contributed by atoms with E-state index in [1.807, 2.05) is 0 Å². The van der Waals surface area contributed by atoms with Crippen molar-refractivity contribution in [3.63, 3.8) is 0 Å². The van der Waals surface area contributed by atoms with Crippen LogP contribution >= 0.6 is 15.9 Å². The molecule has 12 heteroatoms. The van der Waals surface area contributed by atoms with Gasteiger partial charge in [0.15, 0.2) is 11.5 Å². The SMILES string of the molecule is COc1ccc(C(=O)Oc2ccc(/C=N/NC(=O)CN(c3cccc(Br)c3)S(=O)(=O)c3ccccc3)cc2)cc1OC. The van der Waals surface area contributed by atoms with Gasteiger partial charge in [-0.3, -0.25) is 9.10 Å². The molecule has 0 saturated heterocycles. The maximum Gasteiger partial charge on any atom is 0.343 e. The van der Waals surface area contributed by atoms with E-state index < -0.39 is 28.4 Å². The average Bonchev–Trinajstić information content (AvgIpc) is 3.00. The number of nitrogens with one attached hydrogen (secondary N) is 1. The highest BCUT2D eigenvalue weighted by Crippen LogP contribution is 2.28. The highest BCUT2D eigenvalue weighted by molar-refractivity contribution is 9.10. The molecular weight excluding hydrogens is 626 g/mol. The third kappa shape index (κ3) is 7.53. The fraction of sp³-hybridized carbons (Fsp3) is 0.100. The summed E-state index contributed by atoms with van der Waals surface area (Å²) < 4.78 is 44.2. The molecule has 0 aliphatic carbocycles. The molecule has 4 rings (SSSR count). The first-order valence-corrected chi connectivity index (χ1v) is 14.6. The van der Waals surface area contributed by atoms with Gasteiger partial charge in [-0.15, -0.1) is 0 Å².